The number of hydrogen-bond donors (Lipinski definition) is 1. The Balaban J connectivity index is 1.99. The second-order valence-corrected chi connectivity index (χ2v) is 5.50. The van der Waals surface area contributed by atoms with Crippen LogP contribution in [0, 0.1) is 6.92 Å². The van der Waals surface area contributed by atoms with Crippen LogP contribution in [0.1, 0.15) is 23.9 Å². The number of aryl methyl sites for hydroxylation is 1. The van der Waals surface area contributed by atoms with Gasteiger partial charge in [-0.1, -0.05) is 42.0 Å². The van der Waals surface area contributed by atoms with E-state index in [4.69, 9.17) is 0 Å². The number of para-hydroxylation sites is 2. The molecule has 0 saturated heterocycles. The van der Waals surface area contributed by atoms with Gasteiger partial charge in [0, 0.05) is 13.5 Å². The maximum atomic E-state index is 11.2. The van der Waals surface area contributed by atoms with Crippen molar-refractivity contribution in [1.29, 1.82) is 0 Å². The lowest BCUT2D eigenvalue weighted by Crippen LogP contribution is -2.21. The van der Waals surface area contributed by atoms with E-state index in [2.05, 4.69) is 52.1 Å². The molecule has 0 unspecified atom stereocenters. The summed E-state index contributed by atoms with van der Waals surface area (Å²) in [6.45, 7) is 4.79. The lowest BCUT2D eigenvalue weighted by atomic mass is 10.1. The minimum atomic E-state index is -0.0473. The van der Waals surface area contributed by atoms with Gasteiger partial charge in [-0.3, -0.25) is 4.79 Å². The fourth-order valence-electron chi connectivity index (χ4n) is 2.52. The summed E-state index contributed by atoms with van der Waals surface area (Å²) in [5.41, 5.74) is 4.51. The quantitative estimate of drug-likeness (QED) is 0.803. The largest absolute Gasteiger partial charge is 0.349 e. The number of rotatable bonds is 4. The number of carbonyl (C=O) groups excluding carboxylic acids is 1. The van der Waals surface area contributed by atoms with Gasteiger partial charge in [-0.05, 0) is 24.6 Å². The number of amides is 1. The van der Waals surface area contributed by atoms with Crippen LogP contribution in [0.15, 0.2) is 48.5 Å². The van der Waals surface area contributed by atoms with E-state index in [1.54, 1.807) is 0 Å². The number of nitrogens with zero attached hydrogens (tertiary/aromatic N) is 2. The summed E-state index contributed by atoms with van der Waals surface area (Å²) < 4.78 is 2.16. The summed E-state index contributed by atoms with van der Waals surface area (Å²) in [4.78, 5) is 15.8. The van der Waals surface area contributed by atoms with Gasteiger partial charge >= 0.3 is 0 Å². The van der Waals surface area contributed by atoms with Crippen molar-refractivity contribution in [3.8, 4) is 0 Å². The molecule has 3 rings (SSSR count). The van der Waals surface area contributed by atoms with Gasteiger partial charge in [-0.15, -0.1) is 0 Å². The predicted octanol–water partition coefficient (Wildman–Crippen LogP) is 3.03. The number of imidazole rings is 1. The van der Waals surface area contributed by atoms with Crippen LogP contribution in [0.25, 0.3) is 11.0 Å². The van der Waals surface area contributed by atoms with Crippen molar-refractivity contribution < 1.29 is 4.79 Å². The number of carbonyl (C=O) groups is 1. The second-order valence-electron chi connectivity index (χ2n) is 5.50. The Bertz CT molecular complexity index is 803. The van der Waals surface area contributed by atoms with Gasteiger partial charge < -0.3 is 9.88 Å². The number of aromatic nitrogens is 2. The minimum absolute atomic E-state index is 0.0473. The number of fused-ring (bicyclic) bond motifs is 1. The first-order chi connectivity index (χ1) is 10.6. The molecule has 4 heteroatoms. The molecule has 0 atom stereocenters. The summed E-state index contributed by atoms with van der Waals surface area (Å²) in [5.74, 6) is 0.825. The Labute approximate surface area is 129 Å². The molecule has 4 nitrogen and oxygen atoms in total. The van der Waals surface area contributed by atoms with Crippen molar-refractivity contribution in [2.75, 3.05) is 0 Å². The third-order valence-corrected chi connectivity index (χ3v) is 3.69. The fourth-order valence-corrected chi connectivity index (χ4v) is 2.52. The van der Waals surface area contributed by atoms with E-state index in [-0.39, 0.29) is 5.91 Å². The highest BCUT2D eigenvalue weighted by atomic mass is 16.1. The van der Waals surface area contributed by atoms with Gasteiger partial charge in [0.2, 0.25) is 5.91 Å². The van der Waals surface area contributed by atoms with Crippen molar-refractivity contribution in [3.05, 3.63) is 65.5 Å². The van der Waals surface area contributed by atoms with Gasteiger partial charge in [-0.2, -0.15) is 0 Å². The molecule has 22 heavy (non-hydrogen) atoms. The van der Waals surface area contributed by atoms with Gasteiger partial charge in [-0.25, -0.2) is 4.98 Å². The molecule has 0 spiro atoms. The van der Waals surface area contributed by atoms with Crippen molar-refractivity contribution >= 4 is 16.9 Å². The molecule has 2 aromatic carbocycles. The van der Waals surface area contributed by atoms with Crippen molar-refractivity contribution in [3.63, 3.8) is 0 Å². The van der Waals surface area contributed by atoms with Crippen LogP contribution in [0.5, 0.6) is 0 Å². The molecule has 3 aromatic rings. The van der Waals surface area contributed by atoms with Crippen LogP contribution < -0.4 is 5.32 Å². The molecular formula is C18H19N3O. The highest BCUT2D eigenvalue weighted by molar-refractivity contribution is 5.76. The van der Waals surface area contributed by atoms with Gasteiger partial charge in [0.15, 0.2) is 0 Å². The van der Waals surface area contributed by atoms with E-state index >= 15 is 0 Å². The summed E-state index contributed by atoms with van der Waals surface area (Å²) in [6, 6.07) is 16.5. The summed E-state index contributed by atoms with van der Waals surface area (Å²) in [6.07, 6.45) is 0. The Morgan fingerprint density at radius 2 is 1.86 bits per heavy atom. The molecule has 1 N–H and O–H groups in total. The van der Waals surface area contributed by atoms with E-state index in [9.17, 15) is 4.79 Å². The number of nitrogens with one attached hydrogen (secondary N) is 1. The van der Waals surface area contributed by atoms with E-state index in [1.165, 1.54) is 18.1 Å². The zero-order chi connectivity index (χ0) is 15.5. The molecule has 112 valence electrons. The van der Waals surface area contributed by atoms with E-state index < -0.39 is 0 Å². The Morgan fingerprint density at radius 3 is 2.59 bits per heavy atom. The van der Waals surface area contributed by atoms with E-state index in [0.29, 0.717) is 6.54 Å². The standard InChI is InChI=1S/C18H19N3O/c1-13-7-9-15(10-8-13)12-21-17-6-4-3-5-16(17)20-18(21)11-19-14(2)22/h3-10H,11-12H2,1-2H3,(H,19,22). The number of hydrogen-bond acceptors (Lipinski definition) is 2. The molecule has 1 amide bonds. The fraction of sp³-hybridized carbons (Fsp3) is 0.222. The van der Waals surface area contributed by atoms with Crippen molar-refractivity contribution in [2.45, 2.75) is 26.9 Å². The van der Waals surface area contributed by atoms with Crippen molar-refractivity contribution in [1.82, 2.24) is 14.9 Å². The highest BCUT2D eigenvalue weighted by Gasteiger charge is 2.11. The summed E-state index contributed by atoms with van der Waals surface area (Å²) in [5, 5.41) is 2.84. The second kappa shape index (κ2) is 6.02. The smallest absolute Gasteiger partial charge is 0.217 e. The minimum Gasteiger partial charge on any atom is -0.349 e. The lowest BCUT2D eigenvalue weighted by Gasteiger charge is -2.10. The zero-order valence-corrected chi connectivity index (χ0v) is 12.8. The Hall–Kier alpha value is -2.62. The first-order valence-electron chi connectivity index (χ1n) is 7.37. The molecular weight excluding hydrogens is 274 g/mol. The van der Waals surface area contributed by atoms with Crippen molar-refractivity contribution in [2.24, 2.45) is 0 Å². The maximum Gasteiger partial charge on any atom is 0.217 e. The van der Waals surface area contributed by atoms with Gasteiger partial charge in [0.25, 0.3) is 0 Å². The average molecular weight is 293 g/mol. The molecule has 0 aliphatic rings. The monoisotopic (exact) mass is 293 g/mol. The lowest BCUT2D eigenvalue weighted by molar-refractivity contribution is -0.119. The van der Waals surface area contributed by atoms with Crippen LogP contribution in [-0.4, -0.2) is 15.5 Å². The van der Waals surface area contributed by atoms with Crippen LogP contribution in [0.3, 0.4) is 0 Å². The topological polar surface area (TPSA) is 46.9 Å². The average Bonchev–Trinajstić information content (AvgIpc) is 2.85. The molecule has 1 heterocycles. The maximum absolute atomic E-state index is 11.2. The summed E-state index contributed by atoms with van der Waals surface area (Å²) in [7, 11) is 0. The molecule has 0 radical (unpaired) electrons. The van der Waals surface area contributed by atoms with Crippen LogP contribution in [0.2, 0.25) is 0 Å². The van der Waals surface area contributed by atoms with Gasteiger partial charge in [0.1, 0.15) is 5.82 Å². The van der Waals surface area contributed by atoms with Crippen LogP contribution in [0.4, 0.5) is 0 Å². The predicted molar refractivity (Wildman–Crippen MR) is 87.5 cm³/mol. The molecule has 0 bridgehead atoms. The third kappa shape index (κ3) is 3.01. The molecule has 0 aliphatic carbocycles. The molecule has 1 aromatic heterocycles. The van der Waals surface area contributed by atoms with Gasteiger partial charge in [0.05, 0.1) is 17.6 Å². The SMILES string of the molecule is CC(=O)NCc1nc2ccccc2n1Cc1ccc(C)cc1. The molecule has 0 aliphatic heterocycles. The third-order valence-electron chi connectivity index (χ3n) is 3.69. The zero-order valence-electron chi connectivity index (χ0n) is 12.8. The van der Waals surface area contributed by atoms with Crippen LogP contribution in [-0.2, 0) is 17.9 Å². The first kappa shape index (κ1) is 14.3. The Kier molecular flexibility index (Phi) is 3.92. The molecule has 0 fully saturated rings. The normalized spacial score (nSPS) is 10.8. The first-order valence-corrected chi connectivity index (χ1v) is 7.37. The Morgan fingerprint density at radius 1 is 1.14 bits per heavy atom. The van der Waals surface area contributed by atoms with E-state index in [1.807, 2.05) is 18.2 Å². The summed E-state index contributed by atoms with van der Waals surface area (Å²) >= 11 is 0. The van der Waals surface area contributed by atoms with E-state index in [0.717, 1.165) is 23.4 Å². The molecule has 0 saturated carbocycles. The highest BCUT2D eigenvalue weighted by Crippen LogP contribution is 2.18. The van der Waals surface area contributed by atoms with Crippen LogP contribution >= 0.6 is 0 Å². The number of benzene rings is 2.